The van der Waals surface area contributed by atoms with E-state index in [9.17, 15) is 5.11 Å². The van der Waals surface area contributed by atoms with Gasteiger partial charge in [-0.1, -0.05) is 0 Å². The zero-order chi connectivity index (χ0) is 10.7. The molecule has 0 fully saturated rings. The highest BCUT2D eigenvalue weighted by Crippen LogP contribution is 2.38. The number of methoxy groups -OCH3 is 2. The Morgan fingerprint density at radius 1 is 1.07 bits per heavy atom. The topological polar surface area (TPSA) is 38.7 Å². The minimum atomic E-state index is 0.0594. The van der Waals surface area contributed by atoms with Crippen molar-refractivity contribution >= 4 is 10.9 Å². The number of benzene rings is 1. The third kappa shape index (κ3) is 2.07. The normalized spacial score (nSPS) is 10.4. The van der Waals surface area contributed by atoms with E-state index >= 15 is 0 Å². The Morgan fingerprint density at radius 3 is 1.79 bits per heavy atom. The highest BCUT2D eigenvalue weighted by molar-refractivity contribution is 7.95. The lowest BCUT2D eigenvalue weighted by atomic mass is 10.3. The van der Waals surface area contributed by atoms with Gasteiger partial charge >= 0.3 is 0 Å². The fourth-order valence-corrected chi connectivity index (χ4v) is 1.79. The first-order chi connectivity index (χ1) is 6.60. The van der Waals surface area contributed by atoms with Gasteiger partial charge < -0.3 is 14.6 Å². The van der Waals surface area contributed by atoms with Crippen LogP contribution in [0.4, 0.5) is 0 Å². The minimum absolute atomic E-state index is 0.0594. The molecule has 0 spiro atoms. The molecule has 0 bridgehead atoms. The van der Waals surface area contributed by atoms with Crippen LogP contribution in [0.15, 0.2) is 17.0 Å². The van der Waals surface area contributed by atoms with Crippen molar-refractivity contribution in [2.24, 2.45) is 0 Å². The summed E-state index contributed by atoms with van der Waals surface area (Å²) >= 11 is 0. The number of aromatic hydroxyl groups is 1. The summed E-state index contributed by atoms with van der Waals surface area (Å²) in [6.07, 6.45) is 4.20. The van der Waals surface area contributed by atoms with Crippen molar-refractivity contribution in [2.75, 3.05) is 26.7 Å². The highest BCUT2D eigenvalue weighted by Gasteiger charge is 2.17. The zero-order valence-corrected chi connectivity index (χ0v) is 9.64. The van der Waals surface area contributed by atoms with E-state index in [1.807, 2.05) is 12.1 Å². The lowest BCUT2D eigenvalue weighted by Gasteiger charge is -2.08. The van der Waals surface area contributed by atoms with E-state index in [-0.39, 0.29) is 16.6 Å². The minimum Gasteiger partial charge on any atom is -0.502 e. The molecule has 0 aliphatic heterocycles. The Kier molecular flexibility index (Phi) is 3.52. The first-order valence-electron chi connectivity index (χ1n) is 4.12. The van der Waals surface area contributed by atoms with Gasteiger partial charge in [-0.3, -0.25) is 0 Å². The first-order valence-corrected chi connectivity index (χ1v) is 6.16. The molecule has 0 atom stereocenters. The van der Waals surface area contributed by atoms with Gasteiger partial charge in [0.2, 0.25) is 5.75 Å². The summed E-state index contributed by atoms with van der Waals surface area (Å²) in [7, 11) is 3.18. The van der Waals surface area contributed by atoms with Crippen molar-refractivity contribution in [3.05, 3.63) is 12.1 Å². The lowest BCUT2D eigenvalue weighted by molar-refractivity contribution is 0.338. The maximum atomic E-state index is 9.65. The van der Waals surface area contributed by atoms with Crippen molar-refractivity contribution in [1.29, 1.82) is 0 Å². The summed E-state index contributed by atoms with van der Waals surface area (Å²) < 4.78 is 10.1. The third-order valence-corrected chi connectivity index (χ3v) is 3.10. The molecule has 0 amide bonds. The van der Waals surface area contributed by atoms with Crippen LogP contribution in [0.1, 0.15) is 0 Å². The van der Waals surface area contributed by atoms with Gasteiger partial charge in [0.15, 0.2) is 16.4 Å². The van der Waals surface area contributed by atoms with Crippen molar-refractivity contribution in [1.82, 2.24) is 0 Å². The number of rotatable bonds is 3. The van der Waals surface area contributed by atoms with Crippen molar-refractivity contribution in [3.63, 3.8) is 0 Å². The fourth-order valence-electron chi connectivity index (χ4n) is 1.11. The Labute approximate surface area is 87.0 Å². The molecule has 1 aromatic carbocycles. The summed E-state index contributed by atoms with van der Waals surface area (Å²) in [5, 5.41) is 9.65. The summed E-state index contributed by atoms with van der Waals surface area (Å²) in [5.74, 6) is 0.977. The molecule has 14 heavy (non-hydrogen) atoms. The van der Waals surface area contributed by atoms with Gasteiger partial charge in [-0.05, 0) is 0 Å². The van der Waals surface area contributed by atoms with E-state index in [0.717, 1.165) is 4.90 Å². The molecule has 0 unspecified atom stereocenters. The second kappa shape index (κ2) is 4.46. The Balaban J connectivity index is 3.25. The molecule has 1 aromatic rings. The van der Waals surface area contributed by atoms with Crippen LogP contribution >= 0.6 is 0 Å². The van der Waals surface area contributed by atoms with Crippen molar-refractivity contribution < 1.29 is 14.6 Å². The van der Waals surface area contributed by atoms with Crippen LogP contribution in [0.5, 0.6) is 17.2 Å². The van der Waals surface area contributed by atoms with Crippen LogP contribution in [0.2, 0.25) is 0 Å². The molecule has 78 valence electrons. The molecule has 0 saturated carbocycles. The number of phenols is 1. The maximum Gasteiger partial charge on any atom is 0.201 e. The Bertz CT molecular complexity index is 298. The average molecular weight is 215 g/mol. The lowest BCUT2D eigenvalue weighted by Crippen LogP contribution is -1.98. The molecule has 0 aromatic heterocycles. The van der Waals surface area contributed by atoms with E-state index in [1.54, 1.807) is 0 Å². The first kappa shape index (κ1) is 11.0. The molecule has 0 heterocycles. The second-order valence-electron chi connectivity index (χ2n) is 2.99. The molecule has 0 radical (unpaired) electrons. The standard InChI is InChI=1S/C10H14O3S/c1-12-8-5-7(14(3)4)6-9(13-2)10(8)11/h5-6H,1-4H3/p+1. The van der Waals surface area contributed by atoms with Gasteiger partial charge in [0, 0.05) is 23.0 Å². The van der Waals surface area contributed by atoms with Gasteiger partial charge in [0.1, 0.15) is 12.5 Å². The van der Waals surface area contributed by atoms with Crippen LogP contribution in [-0.2, 0) is 10.9 Å². The molecule has 3 nitrogen and oxygen atoms in total. The van der Waals surface area contributed by atoms with Crippen LogP contribution in [0, 0.1) is 0 Å². The quantitative estimate of drug-likeness (QED) is 0.779. The van der Waals surface area contributed by atoms with Crippen LogP contribution in [0.25, 0.3) is 0 Å². The molecule has 0 aliphatic rings. The van der Waals surface area contributed by atoms with Crippen LogP contribution < -0.4 is 9.47 Å². The molecular formula is C10H15O3S+. The van der Waals surface area contributed by atoms with Crippen molar-refractivity contribution in [2.45, 2.75) is 4.90 Å². The summed E-state index contributed by atoms with van der Waals surface area (Å²) in [6, 6.07) is 3.67. The summed E-state index contributed by atoms with van der Waals surface area (Å²) in [4.78, 5) is 1.11. The van der Waals surface area contributed by atoms with Gasteiger partial charge in [-0.25, -0.2) is 0 Å². The Hall–Kier alpha value is -1.03. The van der Waals surface area contributed by atoms with Crippen LogP contribution in [-0.4, -0.2) is 31.8 Å². The number of hydrogen-bond acceptors (Lipinski definition) is 3. The molecule has 0 aliphatic carbocycles. The van der Waals surface area contributed by atoms with Gasteiger partial charge in [-0.2, -0.15) is 0 Å². The second-order valence-corrected chi connectivity index (χ2v) is 5.10. The Morgan fingerprint density at radius 2 is 1.50 bits per heavy atom. The molecule has 1 rings (SSSR count). The summed E-state index contributed by atoms with van der Waals surface area (Å²) in [6.45, 7) is 0. The molecular weight excluding hydrogens is 200 g/mol. The SMILES string of the molecule is COc1cc([S+](C)C)cc(OC)c1O. The van der Waals surface area contributed by atoms with E-state index < -0.39 is 0 Å². The van der Waals surface area contributed by atoms with E-state index in [0.29, 0.717) is 11.5 Å². The van der Waals surface area contributed by atoms with Gasteiger partial charge in [0.25, 0.3) is 0 Å². The average Bonchev–Trinajstić information content (AvgIpc) is 2.17. The van der Waals surface area contributed by atoms with E-state index in [2.05, 4.69) is 12.5 Å². The highest BCUT2D eigenvalue weighted by atomic mass is 32.2. The number of phenolic OH excluding ortho intramolecular Hbond substituents is 1. The zero-order valence-electron chi connectivity index (χ0n) is 8.83. The van der Waals surface area contributed by atoms with Gasteiger partial charge in [-0.15, -0.1) is 0 Å². The fraction of sp³-hybridized carbons (Fsp3) is 0.400. The van der Waals surface area contributed by atoms with Crippen LogP contribution in [0.3, 0.4) is 0 Å². The van der Waals surface area contributed by atoms with E-state index in [1.165, 1.54) is 14.2 Å². The molecule has 0 saturated heterocycles. The number of ether oxygens (including phenoxy) is 2. The largest absolute Gasteiger partial charge is 0.502 e. The smallest absolute Gasteiger partial charge is 0.201 e. The maximum absolute atomic E-state index is 9.65. The van der Waals surface area contributed by atoms with Crippen molar-refractivity contribution in [3.8, 4) is 17.2 Å². The predicted molar refractivity (Wildman–Crippen MR) is 58.7 cm³/mol. The summed E-state index contributed by atoms with van der Waals surface area (Å²) in [5.41, 5.74) is 0. The van der Waals surface area contributed by atoms with E-state index in [4.69, 9.17) is 9.47 Å². The predicted octanol–water partition coefficient (Wildman–Crippen LogP) is 1.65. The monoisotopic (exact) mass is 215 g/mol. The third-order valence-electron chi connectivity index (χ3n) is 1.92. The van der Waals surface area contributed by atoms with Gasteiger partial charge in [0.05, 0.1) is 14.2 Å². The number of hydrogen-bond donors (Lipinski definition) is 1. The molecule has 4 heteroatoms. The molecule has 1 N–H and O–H groups in total.